The van der Waals surface area contributed by atoms with Crippen LogP contribution in [-0.4, -0.2) is 204 Å². The van der Waals surface area contributed by atoms with Gasteiger partial charge in [0.25, 0.3) is 0 Å². The van der Waals surface area contributed by atoms with Gasteiger partial charge in [0.15, 0.2) is 0 Å². The molecule has 2 aliphatic rings. The lowest BCUT2D eigenvalue weighted by atomic mass is 10.0. The lowest BCUT2D eigenvalue weighted by Crippen LogP contribution is -2.37. The van der Waals surface area contributed by atoms with Crippen molar-refractivity contribution in [2.45, 2.75) is 51.6 Å². The molecule has 0 radical (unpaired) electrons. The third-order valence-corrected chi connectivity index (χ3v) is 13.5. The Balaban J connectivity index is 0.777. The highest BCUT2D eigenvalue weighted by Gasteiger charge is 2.24. The predicted molar refractivity (Wildman–Crippen MR) is 326 cm³/mol. The molecule has 4 aromatic carbocycles. The number of nitrogens with zero attached hydrogens (tertiary/aromatic N) is 3. The second-order valence-corrected chi connectivity index (χ2v) is 19.9. The second-order valence-electron chi connectivity index (χ2n) is 19.9. The second kappa shape index (κ2) is 42.3. The number of fused-ring (bicyclic) bond motifs is 4. The van der Waals surface area contributed by atoms with Gasteiger partial charge in [0, 0.05) is 74.1 Å². The maximum absolute atomic E-state index is 13.5. The van der Waals surface area contributed by atoms with E-state index in [4.69, 9.17) is 52.5 Å². The van der Waals surface area contributed by atoms with Gasteiger partial charge >= 0.3 is 5.97 Å². The van der Waals surface area contributed by atoms with Crippen LogP contribution in [0.1, 0.15) is 71.9 Å². The zero-order valence-electron chi connectivity index (χ0n) is 50.2. The van der Waals surface area contributed by atoms with E-state index < -0.39 is 5.97 Å². The third-order valence-electron chi connectivity index (χ3n) is 13.5. The molecule has 0 saturated heterocycles. The van der Waals surface area contributed by atoms with Gasteiger partial charge in [-0.1, -0.05) is 84.3 Å². The quantitative estimate of drug-likeness (QED) is 0.0406. The van der Waals surface area contributed by atoms with E-state index in [1.54, 1.807) is 14.7 Å². The molecule has 5 amide bonds. The summed E-state index contributed by atoms with van der Waals surface area (Å²) in [5.41, 5.74) is 6.59. The Morgan fingerprint density at radius 3 is 1.09 bits per heavy atom. The summed E-state index contributed by atoms with van der Waals surface area (Å²) in [5.74, 6) is 10.9. The number of hydrogen-bond donors (Lipinski definition) is 3. The van der Waals surface area contributed by atoms with Crippen molar-refractivity contribution >= 4 is 46.9 Å². The molecule has 0 bridgehead atoms. The minimum atomic E-state index is -0.915. The standard InChI is InChI=1S/C66H83N5O17/c72-61(21-23-64(75)70-51-57-13-3-1-9-53(57)17-19-55-11-5-7-15-59(55)70)67-27-33-81-39-45-87-47-41-83-35-29-69(63(74)25-31-79-37-43-85-49-50-86-44-38-80-32-26-66(77)78)30-36-84-42-48-88-46-40-82-34-28-68-62(73)22-24-65(76)71-52-58-14-4-2-10-54(58)18-20-56-12-6-8-16-60(56)71/h1-16H,21-52H2,(H,67,72)(H,68,73)(H,77,78). The molecule has 88 heavy (non-hydrogen) atoms. The molecule has 0 spiro atoms. The van der Waals surface area contributed by atoms with Crippen LogP contribution in [0.4, 0.5) is 11.4 Å². The Hall–Kier alpha value is -7.58. The third kappa shape index (κ3) is 27.2. The molecule has 2 aliphatic heterocycles. The molecule has 0 unspecified atom stereocenters. The molecule has 0 atom stereocenters. The van der Waals surface area contributed by atoms with Crippen LogP contribution in [0.5, 0.6) is 0 Å². The predicted octanol–water partition coefficient (Wildman–Crippen LogP) is 4.53. The number of carbonyl (C=O) groups excluding carboxylic acids is 5. The molecule has 474 valence electrons. The van der Waals surface area contributed by atoms with E-state index in [0.29, 0.717) is 119 Å². The Labute approximate surface area is 515 Å². The van der Waals surface area contributed by atoms with Crippen molar-refractivity contribution in [1.29, 1.82) is 0 Å². The van der Waals surface area contributed by atoms with E-state index in [9.17, 15) is 28.8 Å². The highest BCUT2D eigenvalue weighted by molar-refractivity contribution is 5.98. The minimum Gasteiger partial charge on any atom is -0.481 e. The lowest BCUT2D eigenvalue weighted by Gasteiger charge is -2.26. The summed E-state index contributed by atoms with van der Waals surface area (Å²) in [5, 5.41) is 14.3. The smallest absolute Gasteiger partial charge is 0.305 e. The van der Waals surface area contributed by atoms with Crippen LogP contribution >= 0.6 is 0 Å². The van der Waals surface area contributed by atoms with Crippen LogP contribution < -0.4 is 20.4 Å². The molecule has 0 fully saturated rings. The molecular formula is C66H83N5O17. The van der Waals surface area contributed by atoms with Crippen LogP contribution in [0.2, 0.25) is 0 Å². The van der Waals surface area contributed by atoms with E-state index in [0.717, 1.165) is 44.8 Å². The van der Waals surface area contributed by atoms with Gasteiger partial charge in [0.05, 0.1) is 169 Å². The average Bonchev–Trinajstić information content (AvgIpc) is 1.67. The fourth-order valence-electron chi connectivity index (χ4n) is 8.86. The SMILES string of the molecule is O=C(O)CCOCCOCCOCCOCCC(=O)N(CCOCCOCCOCCNC(=O)CCC(=O)N1Cc2ccccc2C#Cc2ccccc21)CCOCCOCCOCCNC(=O)CCC(=O)N1Cc2ccccc2C#Cc2ccccc21. The molecule has 0 saturated carbocycles. The fourth-order valence-corrected chi connectivity index (χ4v) is 8.86. The van der Waals surface area contributed by atoms with Gasteiger partial charge < -0.3 is 77.8 Å². The molecule has 4 aromatic rings. The van der Waals surface area contributed by atoms with Crippen molar-refractivity contribution in [2.75, 3.05) is 168 Å². The van der Waals surface area contributed by atoms with Crippen LogP contribution in [0.25, 0.3) is 0 Å². The Morgan fingerprint density at radius 2 is 0.693 bits per heavy atom. The van der Waals surface area contributed by atoms with E-state index in [2.05, 4.69) is 34.3 Å². The molecule has 22 heteroatoms. The number of hydrogen-bond acceptors (Lipinski definition) is 16. The van der Waals surface area contributed by atoms with Crippen LogP contribution in [0.3, 0.4) is 0 Å². The number of amides is 5. The summed E-state index contributed by atoms with van der Waals surface area (Å²) in [6.07, 6.45) is 0.251. The van der Waals surface area contributed by atoms with E-state index in [-0.39, 0.29) is 121 Å². The molecule has 3 N–H and O–H groups in total. The summed E-state index contributed by atoms with van der Waals surface area (Å²) < 4.78 is 55.9. The number of carboxylic acid groups (broad SMARTS) is 1. The maximum atomic E-state index is 13.5. The van der Waals surface area contributed by atoms with Crippen molar-refractivity contribution < 1.29 is 81.2 Å². The van der Waals surface area contributed by atoms with Crippen molar-refractivity contribution in [1.82, 2.24) is 15.5 Å². The maximum Gasteiger partial charge on any atom is 0.305 e. The number of carbonyl (C=O) groups is 6. The van der Waals surface area contributed by atoms with E-state index in [1.807, 2.05) is 97.1 Å². The molecule has 2 heterocycles. The number of anilines is 2. The monoisotopic (exact) mass is 1220 g/mol. The first-order chi connectivity index (χ1) is 43.2. The topological polar surface area (TPSA) is 249 Å². The first-order valence-electron chi connectivity index (χ1n) is 29.9. The Bertz CT molecular complexity index is 2750. The lowest BCUT2D eigenvalue weighted by molar-refractivity contribution is -0.138. The highest BCUT2D eigenvalue weighted by Crippen LogP contribution is 2.28. The minimum absolute atomic E-state index is 0.0380. The number of carboxylic acids is 1. The Kier molecular flexibility index (Phi) is 33.4. The van der Waals surface area contributed by atoms with Gasteiger partial charge in [-0.25, -0.2) is 0 Å². The summed E-state index contributed by atoms with van der Waals surface area (Å²) in [6, 6.07) is 30.5. The van der Waals surface area contributed by atoms with Gasteiger partial charge in [-0.3, -0.25) is 28.8 Å². The van der Waals surface area contributed by atoms with E-state index in [1.165, 1.54) is 0 Å². The van der Waals surface area contributed by atoms with Crippen molar-refractivity contribution in [3.05, 3.63) is 130 Å². The van der Waals surface area contributed by atoms with E-state index >= 15 is 0 Å². The summed E-state index contributed by atoms with van der Waals surface area (Å²) >= 11 is 0. The zero-order chi connectivity index (χ0) is 62.1. The highest BCUT2D eigenvalue weighted by atomic mass is 16.6. The van der Waals surface area contributed by atoms with Gasteiger partial charge in [-0.15, -0.1) is 0 Å². The van der Waals surface area contributed by atoms with Gasteiger partial charge in [0.1, 0.15) is 0 Å². The van der Waals surface area contributed by atoms with Gasteiger partial charge in [-0.2, -0.15) is 0 Å². The summed E-state index contributed by atoms with van der Waals surface area (Å²) in [7, 11) is 0. The van der Waals surface area contributed by atoms with Crippen LogP contribution in [0.15, 0.2) is 97.1 Å². The van der Waals surface area contributed by atoms with Crippen molar-refractivity contribution in [3.63, 3.8) is 0 Å². The summed E-state index contributed by atoms with van der Waals surface area (Å²) in [4.78, 5) is 81.1. The van der Waals surface area contributed by atoms with Crippen molar-refractivity contribution in [3.8, 4) is 23.7 Å². The molecular weight excluding hydrogens is 1130 g/mol. The number of aliphatic carboxylic acids is 1. The van der Waals surface area contributed by atoms with Gasteiger partial charge in [-0.05, 0) is 47.5 Å². The number of para-hydroxylation sites is 2. The first kappa shape index (κ1) is 69.5. The number of rotatable bonds is 45. The normalized spacial score (nSPS) is 12.0. The Morgan fingerprint density at radius 1 is 0.375 bits per heavy atom. The van der Waals surface area contributed by atoms with Gasteiger partial charge in [0.2, 0.25) is 29.5 Å². The fraction of sp³-hybridized carbons (Fsp3) is 0.485. The molecule has 6 rings (SSSR count). The molecule has 22 nitrogen and oxygen atoms in total. The number of ether oxygens (including phenoxy) is 10. The van der Waals surface area contributed by atoms with Crippen LogP contribution in [0, 0.1) is 23.7 Å². The number of nitrogens with one attached hydrogen (secondary N) is 2. The largest absolute Gasteiger partial charge is 0.481 e. The van der Waals surface area contributed by atoms with Crippen LogP contribution in [-0.2, 0) is 89.2 Å². The number of benzene rings is 4. The molecule has 0 aliphatic carbocycles. The zero-order valence-corrected chi connectivity index (χ0v) is 50.2. The molecule has 0 aromatic heterocycles. The summed E-state index contributed by atoms with van der Waals surface area (Å²) in [6.45, 7) is 7.74. The van der Waals surface area contributed by atoms with Crippen molar-refractivity contribution in [2.24, 2.45) is 0 Å². The first-order valence-corrected chi connectivity index (χ1v) is 29.9. The average molecular weight is 1220 g/mol.